The maximum Gasteiger partial charge on any atom is 0.309 e. The predicted molar refractivity (Wildman–Crippen MR) is 54.4 cm³/mol. The van der Waals surface area contributed by atoms with Crippen LogP contribution in [-0.2, 0) is 9.53 Å². The molecule has 0 aliphatic carbocycles. The molecule has 0 bridgehead atoms. The summed E-state index contributed by atoms with van der Waals surface area (Å²) in [6, 6.07) is 0. The predicted octanol–water partition coefficient (Wildman–Crippen LogP) is 2.85. The first kappa shape index (κ1) is 11.9. The highest BCUT2D eigenvalue weighted by molar-refractivity contribution is 5.72. The number of carbonyl (C=O) groups excluding carboxylic acids is 1. The van der Waals surface area contributed by atoms with E-state index < -0.39 is 0 Å². The van der Waals surface area contributed by atoms with Crippen LogP contribution in [0.5, 0.6) is 0 Å². The van der Waals surface area contributed by atoms with E-state index >= 15 is 0 Å². The number of methoxy groups -OCH3 is 1. The second-order valence-corrected chi connectivity index (χ2v) is 3.13. The summed E-state index contributed by atoms with van der Waals surface area (Å²) in [7, 11) is 1.41. The van der Waals surface area contributed by atoms with Crippen LogP contribution in [0.2, 0.25) is 0 Å². The van der Waals surface area contributed by atoms with Crippen molar-refractivity contribution in [2.24, 2.45) is 0 Å². The second kappa shape index (κ2) is 6.46. The molecule has 0 aliphatic rings. The molecule has 0 rings (SSSR count). The van der Waals surface area contributed by atoms with Crippen molar-refractivity contribution in [3.05, 3.63) is 23.3 Å². The van der Waals surface area contributed by atoms with Crippen LogP contribution in [0.1, 0.15) is 33.6 Å². The lowest BCUT2D eigenvalue weighted by molar-refractivity contribution is -0.139. The first-order valence-corrected chi connectivity index (χ1v) is 4.49. The van der Waals surface area contributed by atoms with Gasteiger partial charge in [-0.25, -0.2) is 0 Å². The molecule has 0 aromatic rings. The van der Waals surface area contributed by atoms with Gasteiger partial charge in [0.15, 0.2) is 0 Å². The van der Waals surface area contributed by atoms with Crippen molar-refractivity contribution in [2.45, 2.75) is 33.6 Å². The zero-order valence-corrected chi connectivity index (χ0v) is 8.89. The lowest BCUT2D eigenvalue weighted by Crippen LogP contribution is -1.99. The molecule has 2 nitrogen and oxygen atoms in total. The maximum absolute atomic E-state index is 10.9. The van der Waals surface area contributed by atoms with Gasteiger partial charge in [-0.05, 0) is 20.3 Å². The van der Waals surface area contributed by atoms with E-state index in [0.29, 0.717) is 6.42 Å². The molecule has 2 heteroatoms. The number of esters is 1. The van der Waals surface area contributed by atoms with Gasteiger partial charge in [0, 0.05) is 0 Å². The monoisotopic (exact) mass is 182 g/mol. The standard InChI is InChI=1S/C11H18O2/c1-5-9(2)6-7-10(3)8-11(12)13-4/h6-7H,5,8H2,1-4H3/b9-6+,10-7+. The van der Waals surface area contributed by atoms with Gasteiger partial charge in [-0.2, -0.15) is 0 Å². The van der Waals surface area contributed by atoms with Gasteiger partial charge in [0.1, 0.15) is 0 Å². The summed E-state index contributed by atoms with van der Waals surface area (Å²) in [5, 5.41) is 0. The third kappa shape index (κ3) is 6.14. The lowest BCUT2D eigenvalue weighted by atomic mass is 10.1. The molecular formula is C11H18O2. The van der Waals surface area contributed by atoms with Gasteiger partial charge < -0.3 is 4.74 Å². The first-order valence-electron chi connectivity index (χ1n) is 4.49. The molecule has 0 saturated heterocycles. The van der Waals surface area contributed by atoms with Gasteiger partial charge in [0.2, 0.25) is 0 Å². The highest BCUT2D eigenvalue weighted by Crippen LogP contribution is 2.04. The van der Waals surface area contributed by atoms with Crippen LogP contribution < -0.4 is 0 Å². The summed E-state index contributed by atoms with van der Waals surface area (Å²) in [5.74, 6) is -0.184. The van der Waals surface area contributed by atoms with Gasteiger partial charge in [-0.15, -0.1) is 0 Å². The summed E-state index contributed by atoms with van der Waals surface area (Å²) in [5.41, 5.74) is 2.34. The molecule has 0 radical (unpaired) electrons. The molecule has 0 saturated carbocycles. The fraction of sp³-hybridized carbons (Fsp3) is 0.545. The highest BCUT2D eigenvalue weighted by atomic mass is 16.5. The Morgan fingerprint density at radius 1 is 1.23 bits per heavy atom. The molecule has 0 fully saturated rings. The van der Waals surface area contributed by atoms with Crippen LogP contribution >= 0.6 is 0 Å². The quantitative estimate of drug-likeness (QED) is 0.493. The van der Waals surface area contributed by atoms with Gasteiger partial charge in [0.05, 0.1) is 13.5 Å². The molecule has 0 aromatic heterocycles. The summed E-state index contributed by atoms with van der Waals surface area (Å²) >= 11 is 0. The Bertz CT molecular complexity index is 224. The lowest BCUT2D eigenvalue weighted by Gasteiger charge is -1.98. The number of carbonyl (C=O) groups is 1. The SMILES string of the molecule is CC/C(C)=C/C=C(\C)CC(=O)OC. The van der Waals surface area contributed by atoms with Crippen LogP contribution in [-0.4, -0.2) is 13.1 Å². The van der Waals surface area contributed by atoms with Gasteiger partial charge >= 0.3 is 5.97 Å². The minimum atomic E-state index is -0.184. The van der Waals surface area contributed by atoms with Crippen LogP contribution in [0.15, 0.2) is 23.3 Å². The van der Waals surface area contributed by atoms with Crippen LogP contribution in [0, 0.1) is 0 Å². The fourth-order valence-electron chi connectivity index (χ4n) is 0.761. The Kier molecular flexibility index (Phi) is 5.94. The molecule has 0 amide bonds. The zero-order chi connectivity index (χ0) is 10.3. The second-order valence-electron chi connectivity index (χ2n) is 3.13. The Balaban J connectivity index is 4.10. The van der Waals surface area contributed by atoms with Crippen molar-refractivity contribution in [3.8, 4) is 0 Å². The number of hydrogen-bond acceptors (Lipinski definition) is 2. The Morgan fingerprint density at radius 3 is 2.23 bits per heavy atom. The smallest absolute Gasteiger partial charge is 0.309 e. The normalized spacial score (nSPS) is 12.9. The summed E-state index contributed by atoms with van der Waals surface area (Å²) in [6.07, 6.45) is 5.43. The van der Waals surface area contributed by atoms with Crippen molar-refractivity contribution in [3.63, 3.8) is 0 Å². The molecule has 0 N–H and O–H groups in total. The van der Waals surface area contributed by atoms with E-state index in [-0.39, 0.29) is 5.97 Å². The van der Waals surface area contributed by atoms with Crippen LogP contribution in [0.3, 0.4) is 0 Å². The third-order valence-corrected chi connectivity index (χ3v) is 1.86. The van der Waals surface area contributed by atoms with Crippen molar-refractivity contribution >= 4 is 5.97 Å². The van der Waals surface area contributed by atoms with Crippen molar-refractivity contribution in [1.29, 1.82) is 0 Å². The van der Waals surface area contributed by atoms with E-state index in [4.69, 9.17) is 0 Å². The molecule has 0 aliphatic heterocycles. The number of ether oxygens (including phenoxy) is 1. The molecule has 74 valence electrons. The molecule has 0 aromatic carbocycles. The van der Waals surface area contributed by atoms with E-state index in [2.05, 4.69) is 18.6 Å². The Hall–Kier alpha value is -1.05. The molecule has 0 spiro atoms. The van der Waals surface area contributed by atoms with Gasteiger partial charge in [-0.3, -0.25) is 4.79 Å². The minimum absolute atomic E-state index is 0.184. The number of rotatable bonds is 4. The molecule has 0 atom stereocenters. The van der Waals surface area contributed by atoms with Crippen LogP contribution in [0.25, 0.3) is 0 Å². The molecule has 13 heavy (non-hydrogen) atoms. The van der Waals surface area contributed by atoms with E-state index in [9.17, 15) is 4.79 Å². The summed E-state index contributed by atoms with van der Waals surface area (Å²) in [4.78, 5) is 10.9. The van der Waals surface area contributed by atoms with Crippen molar-refractivity contribution < 1.29 is 9.53 Å². The fourth-order valence-corrected chi connectivity index (χ4v) is 0.761. The van der Waals surface area contributed by atoms with E-state index in [0.717, 1.165) is 12.0 Å². The topological polar surface area (TPSA) is 26.3 Å². The highest BCUT2D eigenvalue weighted by Gasteiger charge is 1.99. The third-order valence-electron chi connectivity index (χ3n) is 1.86. The van der Waals surface area contributed by atoms with Gasteiger partial charge in [0.25, 0.3) is 0 Å². The summed E-state index contributed by atoms with van der Waals surface area (Å²) in [6.45, 7) is 6.10. The van der Waals surface area contributed by atoms with E-state index in [1.165, 1.54) is 12.7 Å². The largest absolute Gasteiger partial charge is 0.469 e. The van der Waals surface area contributed by atoms with E-state index in [1.807, 2.05) is 19.1 Å². The average molecular weight is 182 g/mol. The first-order chi connectivity index (χ1) is 6.10. The molecule has 0 heterocycles. The molecular weight excluding hydrogens is 164 g/mol. The van der Waals surface area contributed by atoms with Crippen molar-refractivity contribution in [2.75, 3.05) is 7.11 Å². The van der Waals surface area contributed by atoms with Crippen molar-refractivity contribution in [1.82, 2.24) is 0 Å². The molecule has 0 unspecified atom stereocenters. The van der Waals surface area contributed by atoms with Crippen LogP contribution in [0.4, 0.5) is 0 Å². The summed E-state index contributed by atoms with van der Waals surface area (Å²) < 4.78 is 4.55. The average Bonchev–Trinajstić information content (AvgIpc) is 2.13. The minimum Gasteiger partial charge on any atom is -0.469 e. The zero-order valence-electron chi connectivity index (χ0n) is 8.89. The maximum atomic E-state index is 10.9. The number of allylic oxidation sites excluding steroid dienone is 3. The Morgan fingerprint density at radius 2 is 1.77 bits per heavy atom. The van der Waals surface area contributed by atoms with E-state index in [1.54, 1.807) is 0 Å². The Labute approximate surface area is 80.3 Å². The van der Waals surface area contributed by atoms with Gasteiger partial charge in [-0.1, -0.05) is 30.2 Å². The number of hydrogen-bond donors (Lipinski definition) is 0.